The summed E-state index contributed by atoms with van der Waals surface area (Å²) in [4.78, 5) is 19.4. The molecule has 1 aliphatic rings. The molecule has 162 valence electrons. The van der Waals surface area contributed by atoms with Gasteiger partial charge in [-0.25, -0.2) is 4.99 Å². The van der Waals surface area contributed by atoms with E-state index in [1.807, 2.05) is 31.2 Å². The summed E-state index contributed by atoms with van der Waals surface area (Å²) < 4.78 is 0. The zero-order valence-corrected chi connectivity index (χ0v) is 18.5. The van der Waals surface area contributed by atoms with Crippen molar-refractivity contribution in [3.05, 3.63) is 35.4 Å². The first-order chi connectivity index (χ1) is 14.1. The molecule has 0 aliphatic carbocycles. The first-order valence-electron chi connectivity index (χ1n) is 11.2. The van der Waals surface area contributed by atoms with Crippen LogP contribution >= 0.6 is 0 Å². The summed E-state index contributed by atoms with van der Waals surface area (Å²) >= 11 is 0. The third kappa shape index (κ3) is 8.86. The average molecular weight is 402 g/mol. The Hall–Kier alpha value is -2.08. The van der Waals surface area contributed by atoms with Crippen molar-refractivity contribution < 1.29 is 4.79 Å². The van der Waals surface area contributed by atoms with Crippen LogP contribution in [0.25, 0.3) is 0 Å². The molecule has 0 radical (unpaired) electrons. The predicted octanol–water partition coefficient (Wildman–Crippen LogP) is 3.00. The number of nitrogens with one attached hydrogen (secondary N) is 3. The van der Waals surface area contributed by atoms with Crippen molar-refractivity contribution in [1.29, 1.82) is 0 Å². The molecule has 1 saturated heterocycles. The van der Waals surface area contributed by atoms with Gasteiger partial charge in [0.1, 0.15) is 0 Å². The lowest BCUT2D eigenvalue weighted by atomic mass is 9.99. The molecule has 0 bridgehead atoms. The van der Waals surface area contributed by atoms with E-state index in [-0.39, 0.29) is 5.91 Å². The van der Waals surface area contributed by atoms with E-state index in [4.69, 9.17) is 0 Å². The van der Waals surface area contributed by atoms with E-state index in [1.165, 1.54) is 25.9 Å². The van der Waals surface area contributed by atoms with Crippen molar-refractivity contribution >= 4 is 11.9 Å². The van der Waals surface area contributed by atoms with Gasteiger partial charge in [-0.3, -0.25) is 4.79 Å². The summed E-state index contributed by atoms with van der Waals surface area (Å²) in [5.74, 6) is 1.70. The average Bonchev–Trinajstić information content (AvgIpc) is 2.74. The molecule has 1 aliphatic heterocycles. The molecule has 0 atom stereocenters. The van der Waals surface area contributed by atoms with Crippen LogP contribution in [0.2, 0.25) is 0 Å². The van der Waals surface area contributed by atoms with Gasteiger partial charge in [0.25, 0.3) is 5.91 Å². The number of likely N-dealkylation sites (tertiary alicyclic amines) is 1. The van der Waals surface area contributed by atoms with Crippen LogP contribution in [0.15, 0.2) is 29.3 Å². The van der Waals surface area contributed by atoms with Crippen LogP contribution in [0.1, 0.15) is 62.4 Å². The molecule has 1 heterocycles. The zero-order chi connectivity index (χ0) is 20.9. The van der Waals surface area contributed by atoms with Crippen LogP contribution in [-0.4, -0.2) is 56.0 Å². The molecule has 1 amide bonds. The molecule has 0 aromatic heterocycles. The van der Waals surface area contributed by atoms with Crippen molar-refractivity contribution in [2.45, 2.75) is 53.0 Å². The number of piperidine rings is 1. The normalized spacial score (nSPS) is 15.9. The highest BCUT2D eigenvalue weighted by Gasteiger charge is 2.14. The first-order valence-corrected chi connectivity index (χ1v) is 11.2. The van der Waals surface area contributed by atoms with Crippen molar-refractivity contribution in [3.63, 3.8) is 0 Å². The molecule has 6 nitrogen and oxygen atoms in total. The number of nitrogens with zero attached hydrogens (tertiary/aromatic N) is 2. The van der Waals surface area contributed by atoms with Crippen LogP contribution < -0.4 is 16.0 Å². The third-order valence-corrected chi connectivity index (χ3v) is 5.31. The monoisotopic (exact) mass is 401 g/mol. The van der Waals surface area contributed by atoms with E-state index in [1.54, 1.807) is 0 Å². The van der Waals surface area contributed by atoms with Gasteiger partial charge in [-0.15, -0.1) is 0 Å². The Morgan fingerprint density at radius 1 is 1.14 bits per heavy atom. The lowest BCUT2D eigenvalue weighted by molar-refractivity contribution is 0.0953. The standard InChI is InChI=1S/C23H39N5O/c1-4-12-25-22(29)21-9-6-8-20(17-21)18-27-23(24-5-2)26-13-7-14-28-15-10-19(3)11-16-28/h6,8-9,17,19H,4-5,7,10-16,18H2,1-3H3,(H,25,29)(H2,24,26,27). The molecule has 2 rings (SSSR count). The Labute approximate surface area is 176 Å². The first kappa shape index (κ1) is 23.2. The van der Waals surface area contributed by atoms with Gasteiger partial charge in [0.2, 0.25) is 0 Å². The summed E-state index contributed by atoms with van der Waals surface area (Å²) in [6, 6.07) is 7.71. The molecule has 6 heteroatoms. The van der Waals surface area contributed by atoms with Crippen molar-refractivity contribution in [3.8, 4) is 0 Å². The second-order valence-electron chi connectivity index (χ2n) is 7.96. The molecule has 0 unspecified atom stereocenters. The van der Waals surface area contributed by atoms with Gasteiger partial charge >= 0.3 is 0 Å². The van der Waals surface area contributed by atoms with Crippen LogP contribution in [0.4, 0.5) is 0 Å². The summed E-state index contributed by atoms with van der Waals surface area (Å²) in [5, 5.41) is 9.67. The number of carbonyl (C=O) groups excluding carboxylic acids is 1. The highest BCUT2D eigenvalue weighted by molar-refractivity contribution is 5.94. The summed E-state index contributed by atoms with van der Waals surface area (Å²) in [6.07, 6.45) is 4.70. The van der Waals surface area contributed by atoms with Crippen molar-refractivity contribution in [2.75, 3.05) is 39.3 Å². The van der Waals surface area contributed by atoms with E-state index in [0.29, 0.717) is 18.7 Å². The maximum atomic E-state index is 12.1. The molecule has 3 N–H and O–H groups in total. The predicted molar refractivity (Wildman–Crippen MR) is 121 cm³/mol. The second-order valence-corrected chi connectivity index (χ2v) is 7.96. The number of guanidine groups is 1. The number of amides is 1. The number of aliphatic imine (C=N–C) groups is 1. The topological polar surface area (TPSA) is 68.8 Å². The Morgan fingerprint density at radius 2 is 1.93 bits per heavy atom. The fourth-order valence-electron chi connectivity index (χ4n) is 3.46. The molecule has 0 spiro atoms. The van der Waals surface area contributed by atoms with Gasteiger partial charge in [0.05, 0.1) is 6.54 Å². The van der Waals surface area contributed by atoms with Crippen molar-refractivity contribution in [2.24, 2.45) is 10.9 Å². The molecule has 29 heavy (non-hydrogen) atoms. The van der Waals surface area contributed by atoms with Gasteiger partial charge in [0, 0.05) is 25.2 Å². The van der Waals surface area contributed by atoms with E-state index < -0.39 is 0 Å². The second kappa shape index (κ2) is 13.2. The maximum absolute atomic E-state index is 12.1. The summed E-state index contributed by atoms with van der Waals surface area (Å²) in [7, 11) is 0. The number of carbonyl (C=O) groups is 1. The van der Waals surface area contributed by atoms with Crippen LogP contribution in [0.3, 0.4) is 0 Å². The van der Waals surface area contributed by atoms with Gasteiger partial charge < -0.3 is 20.9 Å². The Balaban J connectivity index is 1.79. The summed E-state index contributed by atoms with van der Waals surface area (Å²) in [5.41, 5.74) is 1.73. The number of hydrogen-bond acceptors (Lipinski definition) is 3. The fourth-order valence-corrected chi connectivity index (χ4v) is 3.46. The zero-order valence-electron chi connectivity index (χ0n) is 18.5. The van der Waals surface area contributed by atoms with Gasteiger partial charge in [-0.2, -0.15) is 0 Å². The fraction of sp³-hybridized carbons (Fsp3) is 0.652. The van der Waals surface area contributed by atoms with E-state index in [9.17, 15) is 4.79 Å². The molecule has 1 aromatic carbocycles. The minimum atomic E-state index is -0.0187. The number of benzene rings is 1. The largest absolute Gasteiger partial charge is 0.357 e. The van der Waals surface area contributed by atoms with Crippen LogP contribution in [0, 0.1) is 5.92 Å². The molecule has 1 fully saturated rings. The number of rotatable bonds is 10. The third-order valence-electron chi connectivity index (χ3n) is 5.31. The summed E-state index contributed by atoms with van der Waals surface area (Å²) in [6.45, 7) is 13.1. The van der Waals surface area contributed by atoms with E-state index >= 15 is 0 Å². The lowest BCUT2D eigenvalue weighted by Gasteiger charge is -2.30. The minimum absolute atomic E-state index is 0.0187. The van der Waals surface area contributed by atoms with Gasteiger partial charge in [0.15, 0.2) is 5.96 Å². The molecule has 0 saturated carbocycles. The van der Waals surface area contributed by atoms with Crippen LogP contribution in [-0.2, 0) is 6.54 Å². The van der Waals surface area contributed by atoms with E-state index in [2.05, 4.69) is 39.7 Å². The van der Waals surface area contributed by atoms with E-state index in [0.717, 1.165) is 49.9 Å². The maximum Gasteiger partial charge on any atom is 0.251 e. The minimum Gasteiger partial charge on any atom is -0.357 e. The smallest absolute Gasteiger partial charge is 0.251 e. The Morgan fingerprint density at radius 3 is 2.66 bits per heavy atom. The lowest BCUT2D eigenvalue weighted by Crippen LogP contribution is -2.39. The molecular weight excluding hydrogens is 362 g/mol. The molecular formula is C23H39N5O. The van der Waals surface area contributed by atoms with Crippen LogP contribution in [0.5, 0.6) is 0 Å². The van der Waals surface area contributed by atoms with Gasteiger partial charge in [-0.05, 0) is 75.9 Å². The van der Waals surface area contributed by atoms with Gasteiger partial charge in [-0.1, -0.05) is 26.0 Å². The Kier molecular flexibility index (Phi) is 10.6. The molecule has 1 aromatic rings. The SMILES string of the molecule is CCCNC(=O)c1cccc(CN=C(NCC)NCCCN2CCC(C)CC2)c1. The van der Waals surface area contributed by atoms with Crippen molar-refractivity contribution in [1.82, 2.24) is 20.9 Å². The number of hydrogen-bond donors (Lipinski definition) is 3. The highest BCUT2D eigenvalue weighted by atomic mass is 16.1. The highest BCUT2D eigenvalue weighted by Crippen LogP contribution is 2.15. The quantitative estimate of drug-likeness (QED) is 0.320. The Bertz CT molecular complexity index is 638.